The van der Waals surface area contributed by atoms with E-state index in [0.717, 1.165) is 12.8 Å². The number of hydrogen-bond acceptors (Lipinski definition) is 5. The number of nitrogens with one attached hydrogen (secondary N) is 1. The van der Waals surface area contributed by atoms with E-state index < -0.39 is 4.92 Å². The van der Waals surface area contributed by atoms with E-state index in [1.165, 1.54) is 12.1 Å². The number of nitro groups is 1. The Morgan fingerprint density at radius 1 is 1.61 bits per heavy atom. The van der Waals surface area contributed by atoms with Crippen molar-refractivity contribution < 1.29 is 9.34 Å². The molecule has 1 fully saturated rings. The summed E-state index contributed by atoms with van der Waals surface area (Å²) in [7, 11) is 0. The monoisotopic (exact) mass is 247 g/mol. The highest BCUT2D eigenvalue weighted by atomic mass is 16.6. The Morgan fingerprint density at radius 2 is 2.44 bits per heavy atom. The summed E-state index contributed by atoms with van der Waals surface area (Å²) in [5, 5.41) is 13.9. The number of fused-ring (bicyclic) bond motifs is 1. The molecule has 3 rings (SSSR count). The first-order valence-electron chi connectivity index (χ1n) is 5.99. The molecule has 0 aliphatic heterocycles. The largest absolute Gasteiger partial charge is 0.424 e. The number of hydrogen-bond donors (Lipinski definition) is 1. The van der Waals surface area contributed by atoms with Gasteiger partial charge in [-0.25, -0.2) is 0 Å². The molecular weight excluding hydrogens is 234 g/mol. The Kier molecular flexibility index (Phi) is 2.43. The Balaban J connectivity index is 1.84. The fraction of sp³-hybridized carbons (Fsp3) is 0.417. The molecule has 0 amide bonds. The van der Waals surface area contributed by atoms with Gasteiger partial charge in [-0.15, -0.1) is 0 Å². The number of non-ortho nitro benzene ring substituents is 1. The predicted molar refractivity (Wildman–Crippen MR) is 66.5 cm³/mol. The summed E-state index contributed by atoms with van der Waals surface area (Å²) < 4.78 is 5.50. The van der Waals surface area contributed by atoms with Gasteiger partial charge in [0.25, 0.3) is 11.7 Å². The number of nitro benzene ring substituents is 1. The van der Waals surface area contributed by atoms with Gasteiger partial charge in [-0.2, -0.15) is 4.98 Å². The maximum Gasteiger partial charge on any atom is 0.295 e. The molecule has 6 heteroatoms. The summed E-state index contributed by atoms with van der Waals surface area (Å²) in [6, 6.07) is 5.30. The lowest BCUT2D eigenvalue weighted by molar-refractivity contribution is -0.384. The third-order valence-electron chi connectivity index (χ3n) is 3.34. The van der Waals surface area contributed by atoms with E-state index in [1.54, 1.807) is 6.07 Å². The first kappa shape index (κ1) is 11.0. The molecule has 2 aromatic rings. The van der Waals surface area contributed by atoms with Crippen LogP contribution in [0.15, 0.2) is 22.6 Å². The van der Waals surface area contributed by atoms with Crippen molar-refractivity contribution in [1.29, 1.82) is 0 Å². The van der Waals surface area contributed by atoms with Crippen molar-refractivity contribution in [3.8, 4) is 0 Å². The van der Waals surface area contributed by atoms with Gasteiger partial charge in [-0.05, 0) is 18.4 Å². The molecule has 1 aliphatic carbocycles. The molecule has 6 nitrogen and oxygen atoms in total. The summed E-state index contributed by atoms with van der Waals surface area (Å²) >= 11 is 0. The molecule has 1 heterocycles. The first-order valence-corrected chi connectivity index (χ1v) is 5.99. The highest BCUT2D eigenvalue weighted by molar-refractivity contribution is 5.77. The lowest BCUT2D eigenvalue weighted by Gasteiger charge is -1.97. The summed E-state index contributed by atoms with van der Waals surface area (Å²) in [5.41, 5.74) is 1.11. The molecule has 2 unspecified atom stereocenters. The molecule has 0 spiro atoms. The standard InChI is InChI=1S/C12H13N3O3/c1-2-7-5-9(7)13-12-14-10-6-8(15(16)17)3-4-11(10)18-12/h3-4,6-7,9H,2,5H2,1H3,(H,13,14). The Morgan fingerprint density at radius 3 is 3.11 bits per heavy atom. The molecule has 2 atom stereocenters. The van der Waals surface area contributed by atoms with Crippen LogP contribution in [0.4, 0.5) is 11.7 Å². The maximum atomic E-state index is 10.7. The van der Waals surface area contributed by atoms with E-state index in [2.05, 4.69) is 17.2 Å². The summed E-state index contributed by atoms with van der Waals surface area (Å²) in [5.74, 6) is 0.689. The summed E-state index contributed by atoms with van der Waals surface area (Å²) in [6.07, 6.45) is 2.28. The molecule has 0 bridgehead atoms. The maximum absolute atomic E-state index is 10.7. The smallest absolute Gasteiger partial charge is 0.295 e. The van der Waals surface area contributed by atoms with E-state index in [-0.39, 0.29) is 5.69 Å². The van der Waals surface area contributed by atoms with Crippen LogP contribution in [-0.2, 0) is 0 Å². The summed E-state index contributed by atoms with van der Waals surface area (Å²) in [6.45, 7) is 2.15. The Hall–Kier alpha value is -2.11. The number of rotatable bonds is 4. The topological polar surface area (TPSA) is 81.2 Å². The van der Waals surface area contributed by atoms with Gasteiger partial charge in [0.1, 0.15) is 5.52 Å². The van der Waals surface area contributed by atoms with Crippen LogP contribution in [0.2, 0.25) is 0 Å². The van der Waals surface area contributed by atoms with Gasteiger partial charge in [0.05, 0.1) is 4.92 Å². The van der Waals surface area contributed by atoms with Gasteiger partial charge in [-0.1, -0.05) is 13.3 Å². The van der Waals surface area contributed by atoms with E-state index in [4.69, 9.17) is 4.42 Å². The van der Waals surface area contributed by atoms with Crippen molar-refractivity contribution in [2.45, 2.75) is 25.8 Å². The quantitative estimate of drug-likeness (QED) is 0.663. The average Bonchev–Trinajstić information content (AvgIpc) is 2.97. The first-order chi connectivity index (χ1) is 8.67. The van der Waals surface area contributed by atoms with Gasteiger partial charge in [-0.3, -0.25) is 10.1 Å². The van der Waals surface area contributed by atoms with Crippen LogP contribution >= 0.6 is 0 Å². The molecule has 1 saturated carbocycles. The second-order valence-corrected chi connectivity index (χ2v) is 4.58. The van der Waals surface area contributed by atoms with Crippen molar-refractivity contribution in [3.05, 3.63) is 28.3 Å². The van der Waals surface area contributed by atoms with Gasteiger partial charge < -0.3 is 9.73 Å². The Bertz CT molecular complexity index is 608. The van der Waals surface area contributed by atoms with Gasteiger partial charge in [0.15, 0.2) is 5.58 Å². The third-order valence-corrected chi connectivity index (χ3v) is 3.34. The molecule has 0 saturated heterocycles. The van der Waals surface area contributed by atoms with Gasteiger partial charge in [0, 0.05) is 18.2 Å². The van der Waals surface area contributed by atoms with E-state index in [9.17, 15) is 10.1 Å². The molecule has 94 valence electrons. The summed E-state index contributed by atoms with van der Waals surface area (Å²) in [4.78, 5) is 14.4. The second kappa shape index (κ2) is 3.97. The highest BCUT2D eigenvalue weighted by Gasteiger charge is 2.36. The zero-order valence-electron chi connectivity index (χ0n) is 9.92. The number of benzene rings is 1. The lowest BCUT2D eigenvalue weighted by Crippen LogP contribution is -2.03. The minimum absolute atomic E-state index is 0.0280. The second-order valence-electron chi connectivity index (χ2n) is 4.58. The van der Waals surface area contributed by atoms with Crippen LogP contribution in [0.3, 0.4) is 0 Å². The molecular formula is C12H13N3O3. The van der Waals surface area contributed by atoms with Crippen molar-refractivity contribution in [2.24, 2.45) is 5.92 Å². The normalized spacial score (nSPS) is 22.1. The average molecular weight is 247 g/mol. The predicted octanol–water partition coefficient (Wildman–Crippen LogP) is 2.95. The van der Waals surface area contributed by atoms with Crippen molar-refractivity contribution in [3.63, 3.8) is 0 Å². The van der Waals surface area contributed by atoms with Crippen LogP contribution in [0.1, 0.15) is 19.8 Å². The lowest BCUT2D eigenvalue weighted by atomic mass is 10.3. The van der Waals surface area contributed by atoms with Gasteiger partial charge >= 0.3 is 0 Å². The third kappa shape index (κ3) is 1.90. The number of oxazole rings is 1. The molecule has 0 radical (unpaired) electrons. The molecule has 1 aromatic heterocycles. The SMILES string of the molecule is CCC1CC1Nc1nc2cc([N+](=O)[O-])ccc2o1. The van der Waals surface area contributed by atoms with Crippen LogP contribution in [0.25, 0.3) is 11.1 Å². The number of anilines is 1. The van der Waals surface area contributed by atoms with Crippen LogP contribution in [-0.4, -0.2) is 15.9 Å². The van der Waals surface area contributed by atoms with Crippen LogP contribution in [0.5, 0.6) is 0 Å². The van der Waals surface area contributed by atoms with Crippen molar-refractivity contribution >= 4 is 22.8 Å². The minimum Gasteiger partial charge on any atom is -0.424 e. The van der Waals surface area contributed by atoms with E-state index in [1.807, 2.05) is 0 Å². The minimum atomic E-state index is -0.435. The van der Waals surface area contributed by atoms with Crippen molar-refractivity contribution in [1.82, 2.24) is 4.98 Å². The van der Waals surface area contributed by atoms with E-state index in [0.29, 0.717) is 29.1 Å². The molecule has 1 aliphatic rings. The Labute approximate surface area is 103 Å². The zero-order chi connectivity index (χ0) is 12.7. The fourth-order valence-electron chi connectivity index (χ4n) is 2.13. The fourth-order valence-corrected chi connectivity index (χ4v) is 2.13. The van der Waals surface area contributed by atoms with E-state index >= 15 is 0 Å². The highest BCUT2D eigenvalue weighted by Crippen LogP contribution is 2.36. The van der Waals surface area contributed by atoms with Crippen LogP contribution in [0, 0.1) is 16.0 Å². The number of nitrogens with zero attached hydrogens (tertiary/aromatic N) is 2. The molecule has 18 heavy (non-hydrogen) atoms. The van der Waals surface area contributed by atoms with Gasteiger partial charge in [0.2, 0.25) is 0 Å². The molecule has 1 aromatic carbocycles. The number of aromatic nitrogens is 1. The van der Waals surface area contributed by atoms with Crippen LogP contribution < -0.4 is 5.32 Å². The zero-order valence-corrected chi connectivity index (χ0v) is 9.92. The molecule has 1 N–H and O–H groups in total. The van der Waals surface area contributed by atoms with Crippen molar-refractivity contribution in [2.75, 3.05) is 5.32 Å².